The second-order valence-corrected chi connectivity index (χ2v) is 7.86. The Morgan fingerprint density at radius 3 is 2.96 bits per heavy atom. The minimum atomic E-state index is 0.637. The van der Waals surface area contributed by atoms with Crippen LogP contribution >= 0.6 is 30.3 Å². The normalized spacial score (nSPS) is 11.1. The third kappa shape index (κ3) is 2.81. The number of aromatic amines is 1. The largest absolute Gasteiger partial charge is 0.342 e. The molecule has 4 rings (SSSR count). The van der Waals surface area contributed by atoms with Crippen molar-refractivity contribution in [3.8, 4) is 6.07 Å². The highest BCUT2D eigenvalue weighted by Gasteiger charge is 2.15. The Kier molecular flexibility index (Phi) is 4.51. The minimum absolute atomic E-state index is 0.637. The molecule has 0 aliphatic rings. The van der Waals surface area contributed by atoms with Crippen LogP contribution in [0.1, 0.15) is 28.1 Å². The molecule has 0 aliphatic heterocycles. The molecule has 0 unspecified atom stereocenters. The van der Waals surface area contributed by atoms with Crippen molar-refractivity contribution < 1.29 is 0 Å². The summed E-state index contributed by atoms with van der Waals surface area (Å²) in [4.78, 5) is 8.07. The van der Waals surface area contributed by atoms with E-state index in [1.54, 1.807) is 15.2 Å². The van der Waals surface area contributed by atoms with Gasteiger partial charge < -0.3 is 4.98 Å². The molecule has 128 valence electrons. The van der Waals surface area contributed by atoms with Crippen LogP contribution in [0.4, 0.5) is 0 Å². The van der Waals surface area contributed by atoms with Gasteiger partial charge in [-0.15, -0.1) is 0 Å². The molecular weight excluding hydrogens is 455 g/mol. The van der Waals surface area contributed by atoms with E-state index < -0.39 is 0 Å². The van der Waals surface area contributed by atoms with E-state index in [9.17, 15) is 0 Å². The van der Waals surface area contributed by atoms with Crippen LogP contribution < -0.4 is 0 Å². The Morgan fingerprint density at radius 1 is 1.38 bits per heavy atom. The number of hydrogen-bond donors (Lipinski definition) is 1. The van der Waals surface area contributed by atoms with E-state index >= 15 is 0 Å². The van der Waals surface area contributed by atoms with E-state index in [0.29, 0.717) is 12.0 Å². The lowest BCUT2D eigenvalue weighted by molar-refractivity contribution is 1.04. The molecule has 6 heteroatoms. The molecule has 4 nitrogen and oxygen atoms in total. The molecule has 0 amide bonds. The third-order valence-electron chi connectivity index (χ3n) is 4.60. The van der Waals surface area contributed by atoms with E-state index in [1.807, 2.05) is 18.2 Å². The Labute approximate surface area is 167 Å². The van der Waals surface area contributed by atoms with Crippen molar-refractivity contribution >= 4 is 58.3 Å². The molecule has 0 atom stereocenters. The van der Waals surface area contributed by atoms with Gasteiger partial charge in [0.2, 0.25) is 0 Å². The first-order valence-corrected chi connectivity index (χ1v) is 11.4. The van der Waals surface area contributed by atoms with Crippen molar-refractivity contribution in [2.75, 3.05) is 0 Å². The average molecular weight is 470 g/mol. The smallest absolute Gasteiger partial charge is 0.111 e. The van der Waals surface area contributed by atoms with Crippen LogP contribution in [0.3, 0.4) is 0 Å². The number of aromatic nitrogens is 3. The van der Waals surface area contributed by atoms with Crippen LogP contribution in [0.5, 0.6) is 0 Å². The molecule has 0 fully saturated rings. The summed E-state index contributed by atoms with van der Waals surface area (Å²) in [5.74, 6) is 0.903. The van der Waals surface area contributed by atoms with E-state index in [-0.39, 0.29) is 0 Å². The number of nitrogens with one attached hydrogen (secondary N) is 1. The fourth-order valence-electron chi connectivity index (χ4n) is 3.37. The lowest BCUT2D eigenvalue weighted by Gasteiger charge is -2.11. The molecular formula is C20H15IN4S. The first-order chi connectivity index (χ1) is 12.6. The number of nitrogens with zero attached hydrogens (tertiary/aromatic N) is 3. The number of nitriles is 1. The Balaban J connectivity index is 1.85. The number of imidazole rings is 1. The summed E-state index contributed by atoms with van der Waals surface area (Å²) in [6.45, 7) is 6.10. The monoisotopic (exact) mass is 470 g/mol. The number of halogens is 1. The van der Waals surface area contributed by atoms with E-state index in [4.69, 9.17) is 10.2 Å². The van der Waals surface area contributed by atoms with Crippen molar-refractivity contribution in [1.29, 1.82) is 5.26 Å². The lowest BCUT2D eigenvalue weighted by Crippen LogP contribution is -1.97. The van der Waals surface area contributed by atoms with Crippen LogP contribution in [0, 0.1) is 18.3 Å². The van der Waals surface area contributed by atoms with Gasteiger partial charge in [-0.05, 0) is 53.9 Å². The molecule has 1 N–H and O–H groups in total. The second kappa shape index (κ2) is 6.82. The van der Waals surface area contributed by atoms with Gasteiger partial charge in [-0.2, -0.15) is 5.26 Å². The van der Waals surface area contributed by atoms with Gasteiger partial charge in [0, 0.05) is 48.3 Å². The first kappa shape index (κ1) is 17.2. The van der Waals surface area contributed by atoms with Gasteiger partial charge in [-0.1, -0.05) is 12.7 Å². The maximum absolute atomic E-state index is 9.07. The van der Waals surface area contributed by atoms with Gasteiger partial charge in [-0.3, -0.25) is 3.97 Å². The highest BCUT2D eigenvalue weighted by molar-refractivity contribution is 14.2. The number of fused-ring (bicyclic) bond motifs is 2. The SMILES string of the molecule is C=Cc1cc(C)c(Cc2nc3ccc(C#N)cc3[nH]2)c2ccn(SI)c12. The molecule has 0 radical (unpaired) electrons. The van der Waals surface area contributed by atoms with Crippen LogP contribution in [0.25, 0.3) is 28.0 Å². The van der Waals surface area contributed by atoms with E-state index in [0.717, 1.165) is 22.4 Å². The Bertz CT molecular complexity index is 1200. The fourth-order valence-corrected chi connectivity index (χ4v) is 4.74. The van der Waals surface area contributed by atoms with E-state index in [2.05, 4.69) is 68.1 Å². The van der Waals surface area contributed by atoms with Crippen molar-refractivity contribution in [1.82, 2.24) is 13.9 Å². The summed E-state index contributed by atoms with van der Waals surface area (Å²) >= 11 is 2.29. The van der Waals surface area contributed by atoms with Gasteiger partial charge in [0.1, 0.15) is 5.82 Å². The van der Waals surface area contributed by atoms with E-state index in [1.165, 1.54) is 22.0 Å². The molecule has 0 saturated carbocycles. The first-order valence-electron chi connectivity index (χ1n) is 8.08. The lowest BCUT2D eigenvalue weighted by atomic mass is 9.97. The van der Waals surface area contributed by atoms with Crippen LogP contribution in [-0.2, 0) is 6.42 Å². The zero-order valence-corrected chi connectivity index (χ0v) is 17.1. The summed E-state index contributed by atoms with van der Waals surface area (Å²) in [6.07, 6.45) is 4.72. The summed E-state index contributed by atoms with van der Waals surface area (Å²) in [5, 5.41) is 10.3. The summed E-state index contributed by atoms with van der Waals surface area (Å²) in [6, 6.07) is 12.0. The summed E-state index contributed by atoms with van der Waals surface area (Å²) < 4.78 is 2.16. The van der Waals surface area contributed by atoms with Gasteiger partial charge in [0.05, 0.1) is 28.2 Å². The van der Waals surface area contributed by atoms with Gasteiger partial charge in [0.25, 0.3) is 0 Å². The molecule has 4 aromatic rings. The highest BCUT2D eigenvalue weighted by atomic mass is 127. The quantitative estimate of drug-likeness (QED) is 0.385. The van der Waals surface area contributed by atoms with Crippen molar-refractivity contribution in [2.45, 2.75) is 13.3 Å². The molecule has 0 saturated heterocycles. The van der Waals surface area contributed by atoms with Gasteiger partial charge in [0.15, 0.2) is 0 Å². The number of benzene rings is 2. The number of aryl methyl sites for hydroxylation is 1. The topological polar surface area (TPSA) is 57.4 Å². The zero-order chi connectivity index (χ0) is 18.3. The molecule has 26 heavy (non-hydrogen) atoms. The number of rotatable bonds is 4. The maximum Gasteiger partial charge on any atom is 0.111 e. The van der Waals surface area contributed by atoms with Crippen LogP contribution in [-0.4, -0.2) is 13.9 Å². The minimum Gasteiger partial charge on any atom is -0.342 e. The molecule has 0 bridgehead atoms. The van der Waals surface area contributed by atoms with Crippen LogP contribution in [0.15, 0.2) is 43.1 Å². The third-order valence-corrected chi connectivity index (χ3v) is 6.32. The van der Waals surface area contributed by atoms with Crippen LogP contribution in [0.2, 0.25) is 0 Å². The van der Waals surface area contributed by atoms with Gasteiger partial charge >= 0.3 is 0 Å². The predicted octanol–water partition coefficient (Wildman–Crippen LogP) is 5.78. The van der Waals surface area contributed by atoms with Crippen molar-refractivity contribution in [3.63, 3.8) is 0 Å². The zero-order valence-electron chi connectivity index (χ0n) is 14.1. The Hall–Kier alpha value is -2.24. The predicted molar refractivity (Wildman–Crippen MR) is 117 cm³/mol. The fraction of sp³-hybridized carbons (Fsp3) is 0.100. The molecule has 2 aromatic carbocycles. The number of H-pyrrole nitrogens is 1. The van der Waals surface area contributed by atoms with Crippen molar-refractivity contribution in [3.05, 3.63) is 71.2 Å². The average Bonchev–Trinajstić information content (AvgIpc) is 3.26. The molecule has 2 aromatic heterocycles. The number of hydrogen-bond acceptors (Lipinski definition) is 3. The molecule has 0 spiro atoms. The molecule has 0 aliphatic carbocycles. The summed E-state index contributed by atoms with van der Waals surface area (Å²) in [5.41, 5.74) is 7.22. The standard InChI is InChI=1S/C20H15IN4S/c1-3-14-8-12(2)16(15-6-7-25(26-21)20(14)15)10-19-23-17-5-4-13(11-22)9-18(17)24-19/h3-9H,1,10H2,2H3,(H,23,24). The van der Waals surface area contributed by atoms with Crippen molar-refractivity contribution in [2.24, 2.45) is 0 Å². The Morgan fingerprint density at radius 2 is 2.23 bits per heavy atom. The second-order valence-electron chi connectivity index (χ2n) is 6.14. The highest BCUT2D eigenvalue weighted by Crippen LogP contribution is 2.33. The maximum atomic E-state index is 9.07. The summed E-state index contributed by atoms with van der Waals surface area (Å²) in [7, 11) is 1.65. The van der Waals surface area contributed by atoms with Gasteiger partial charge in [-0.25, -0.2) is 4.98 Å². The molecule has 2 heterocycles.